The summed E-state index contributed by atoms with van der Waals surface area (Å²) in [5, 5.41) is 1.05. The van der Waals surface area contributed by atoms with Crippen LogP contribution in [0.4, 0.5) is 0 Å². The SMILES string of the molecule is Cc1nc2c(C)cccc2cc1C(=O)N1CCN(C2CCSCC2)CC1. The topological polar surface area (TPSA) is 36.4 Å². The molecule has 26 heavy (non-hydrogen) atoms. The second-order valence-corrected chi connectivity index (χ2v) is 8.66. The lowest BCUT2D eigenvalue weighted by molar-refractivity contribution is 0.0558. The van der Waals surface area contributed by atoms with Gasteiger partial charge in [-0.1, -0.05) is 18.2 Å². The van der Waals surface area contributed by atoms with Gasteiger partial charge in [0.1, 0.15) is 0 Å². The summed E-state index contributed by atoms with van der Waals surface area (Å²) in [6.45, 7) is 7.68. The van der Waals surface area contributed by atoms with E-state index in [1.165, 1.54) is 24.3 Å². The molecule has 2 aliphatic rings. The zero-order chi connectivity index (χ0) is 18.1. The van der Waals surface area contributed by atoms with Crippen molar-refractivity contribution < 1.29 is 4.79 Å². The molecule has 0 radical (unpaired) electrons. The summed E-state index contributed by atoms with van der Waals surface area (Å²) in [6, 6.07) is 8.90. The number of thioether (sulfide) groups is 1. The van der Waals surface area contributed by atoms with Crippen LogP contribution in [0.2, 0.25) is 0 Å². The molecule has 2 fully saturated rings. The minimum Gasteiger partial charge on any atom is -0.336 e. The highest BCUT2D eigenvalue weighted by Crippen LogP contribution is 2.24. The maximum atomic E-state index is 13.1. The summed E-state index contributed by atoms with van der Waals surface area (Å²) < 4.78 is 0. The first-order valence-electron chi connectivity index (χ1n) is 9.61. The minimum absolute atomic E-state index is 0.136. The van der Waals surface area contributed by atoms with E-state index in [9.17, 15) is 4.79 Å². The Bertz CT molecular complexity index is 808. The Morgan fingerprint density at radius 2 is 1.85 bits per heavy atom. The van der Waals surface area contributed by atoms with Crippen LogP contribution in [0.3, 0.4) is 0 Å². The molecule has 0 bridgehead atoms. The molecule has 0 spiro atoms. The molecule has 1 aromatic heterocycles. The van der Waals surface area contributed by atoms with Crippen molar-refractivity contribution in [2.24, 2.45) is 0 Å². The number of hydrogen-bond donors (Lipinski definition) is 0. The second kappa shape index (κ2) is 7.57. The van der Waals surface area contributed by atoms with Gasteiger partial charge < -0.3 is 4.90 Å². The van der Waals surface area contributed by atoms with Crippen molar-refractivity contribution in [3.8, 4) is 0 Å². The zero-order valence-electron chi connectivity index (χ0n) is 15.7. The van der Waals surface area contributed by atoms with E-state index < -0.39 is 0 Å². The molecule has 0 atom stereocenters. The van der Waals surface area contributed by atoms with Crippen LogP contribution in [-0.4, -0.2) is 64.4 Å². The van der Waals surface area contributed by atoms with E-state index in [1.807, 2.05) is 30.0 Å². The third-order valence-corrected chi connectivity index (χ3v) is 6.83. The number of piperazine rings is 1. The lowest BCUT2D eigenvalue weighted by Crippen LogP contribution is -2.52. The third-order valence-electron chi connectivity index (χ3n) is 5.78. The highest BCUT2D eigenvalue weighted by molar-refractivity contribution is 7.99. The first-order valence-corrected chi connectivity index (χ1v) is 10.8. The number of pyridine rings is 1. The first kappa shape index (κ1) is 17.8. The summed E-state index contributed by atoms with van der Waals surface area (Å²) in [7, 11) is 0. The van der Waals surface area contributed by atoms with Gasteiger partial charge in [0.2, 0.25) is 0 Å². The molecule has 0 aliphatic carbocycles. The molecule has 1 amide bonds. The van der Waals surface area contributed by atoms with Crippen molar-refractivity contribution in [1.29, 1.82) is 0 Å². The molecule has 4 nitrogen and oxygen atoms in total. The highest BCUT2D eigenvalue weighted by atomic mass is 32.2. The van der Waals surface area contributed by atoms with Gasteiger partial charge in [0.05, 0.1) is 16.8 Å². The van der Waals surface area contributed by atoms with E-state index in [4.69, 9.17) is 4.98 Å². The van der Waals surface area contributed by atoms with Crippen molar-refractivity contribution in [3.63, 3.8) is 0 Å². The van der Waals surface area contributed by atoms with Gasteiger partial charge in [-0.2, -0.15) is 11.8 Å². The molecule has 3 heterocycles. The fraction of sp³-hybridized carbons (Fsp3) is 0.524. The molecule has 138 valence electrons. The second-order valence-electron chi connectivity index (χ2n) is 7.44. The Kier molecular flexibility index (Phi) is 5.18. The minimum atomic E-state index is 0.136. The van der Waals surface area contributed by atoms with E-state index in [2.05, 4.69) is 29.7 Å². The predicted octanol–water partition coefficient (Wildman–Crippen LogP) is 3.51. The van der Waals surface area contributed by atoms with E-state index in [0.29, 0.717) is 0 Å². The van der Waals surface area contributed by atoms with E-state index in [0.717, 1.165) is 59.9 Å². The molecule has 0 unspecified atom stereocenters. The third kappa shape index (κ3) is 3.47. The number of benzene rings is 1. The van der Waals surface area contributed by atoms with Crippen molar-refractivity contribution in [2.45, 2.75) is 32.7 Å². The van der Waals surface area contributed by atoms with Crippen LogP contribution in [0.15, 0.2) is 24.3 Å². The Morgan fingerprint density at radius 1 is 1.12 bits per heavy atom. The lowest BCUT2D eigenvalue weighted by atomic mass is 10.0. The number of hydrogen-bond acceptors (Lipinski definition) is 4. The van der Waals surface area contributed by atoms with E-state index in [1.54, 1.807) is 0 Å². The van der Waals surface area contributed by atoms with Gasteiger partial charge in [-0.05, 0) is 49.8 Å². The Hall–Kier alpha value is -1.59. The molecule has 2 aliphatic heterocycles. The maximum absolute atomic E-state index is 13.1. The lowest BCUT2D eigenvalue weighted by Gasteiger charge is -2.40. The van der Waals surface area contributed by atoms with Crippen LogP contribution < -0.4 is 0 Å². The Balaban J connectivity index is 1.48. The average Bonchev–Trinajstić information content (AvgIpc) is 2.69. The fourth-order valence-corrected chi connectivity index (χ4v) is 5.25. The van der Waals surface area contributed by atoms with Gasteiger partial charge in [-0.15, -0.1) is 0 Å². The van der Waals surface area contributed by atoms with Gasteiger partial charge in [0.15, 0.2) is 0 Å². The van der Waals surface area contributed by atoms with Crippen LogP contribution in [-0.2, 0) is 0 Å². The van der Waals surface area contributed by atoms with Crippen molar-refractivity contribution in [1.82, 2.24) is 14.8 Å². The van der Waals surface area contributed by atoms with Gasteiger partial charge in [-0.3, -0.25) is 14.7 Å². The van der Waals surface area contributed by atoms with Gasteiger partial charge >= 0.3 is 0 Å². The molecule has 2 aromatic rings. The van der Waals surface area contributed by atoms with Crippen molar-refractivity contribution in [2.75, 3.05) is 37.7 Å². The van der Waals surface area contributed by atoms with Gasteiger partial charge in [0, 0.05) is 37.6 Å². The van der Waals surface area contributed by atoms with Crippen LogP contribution in [0.5, 0.6) is 0 Å². The van der Waals surface area contributed by atoms with Crippen LogP contribution in [0, 0.1) is 13.8 Å². The Morgan fingerprint density at radius 3 is 2.58 bits per heavy atom. The van der Waals surface area contributed by atoms with E-state index >= 15 is 0 Å². The number of aryl methyl sites for hydroxylation is 2. The summed E-state index contributed by atoms with van der Waals surface area (Å²) >= 11 is 2.07. The largest absolute Gasteiger partial charge is 0.336 e. The number of fused-ring (bicyclic) bond motifs is 1. The number of para-hydroxylation sites is 1. The maximum Gasteiger partial charge on any atom is 0.255 e. The summed E-state index contributed by atoms with van der Waals surface area (Å²) in [5.41, 5.74) is 3.75. The van der Waals surface area contributed by atoms with Crippen LogP contribution in [0.1, 0.15) is 34.5 Å². The summed E-state index contributed by atoms with van der Waals surface area (Å²) in [4.78, 5) is 22.4. The number of rotatable bonds is 2. The van der Waals surface area contributed by atoms with Crippen molar-refractivity contribution in [3.05, 3.63) is 41.1 Å². The average molecular weight is 370 g/mol. The monoisotopic (exact) mass is 369 g/mol. The van der Waals surface area contributed by atoms with Crippen LogP contribution in [0.25, 0.3) is 10.9 Å². The quantitative estimate of drug-likeness (QED) is 0.812. The van der Waals surface area contributed by atoms with E-state index in [-0.39, 0.29) is 5.91 Å². The predicted molar refractivity (Wildman–Crippen MR) is 109 cm³/mol. The standard InChI is InChI=1S/C21H27N3OS/c1-15-4-3-5-17-14-19(16(2)22-20(15)17)21(25)24-10-8-23(9-11-24)18-6-12-26-13-7-18/h3-5,14,18H,6-13H2,1-2H3. The van der Waals surface area contributed by atoms with Crippen molar-refractivity contribution >= 4 is 28.6 Å². The number of nitrogens with zero attached hydrogens (tertiary/aromatic N) is 3. The summed E-state index contributed by atoms with van der Waals surface area (Å²) in [5.74, 6) is 2.70. The fourth-order valence-electron chi connectivity index (χ4n) is 4.17. The normalized spacial score (nSPS) is 19.8. The first-order chi connectivity index (χ1) is 12.6. The molecule has 2 saturated heterocycles. The number of carbonyl (C=O) groups excluding carboxylic acids is 1. The number of carbonyl (C=O) groups is 1. The Labute approximate surface area is 160 Å². The number of aromatic nitrogens is 1. The molecule has 4 rings (SSSR count). The highest BCUT2D eigenvalue weighted by Gasteiger charge is 2.28. The zero-order valence-corrected chi connectivity index (χ0v) is 16.5. The number of amides is 1. The molecule has 1 aromatic carbocycles. The van der Waals surface area contributed by atoms with Gasteiger partial charge in [-0.25, -0.2) is 0 Å². The molecular formula is C21H27N3OS. The molecular weight excluding hydrogens is 342 g/mol. The van der Waals surface area contributed by atoms with Crippen LogP contribution >= 0.6 is 11.8 Å². The molecule has 0 N–H and O–H groups in total. The van der Waals surface area contributed by atoms with Gasteiger partial charge in [0.25, 0.3) is 5.91 Å². The molecule has 5 heteroatoms. The summed E-state index contributed by atoms with van der Waals surface area (Å²) in [6.07, 6.45) is 2.59. The smallest absolute Gasteiger partial charge is 0.255 e. The molecule has 0 saturated carbocycles.